The Morgan fingerprint density at radius 2 is 1.75 bits per heavy atom. The lowest BCUT2D eigenvalue weighted by atomic mass is 10.1. The Morgan fingerprint density at radius 3 is 2.42 bits per heavy atom. The molecule has 1 aliphatic heterocycles. The molecule has 1 heterocycles. The lowest BCUT2D eigenvalue weighted by Crippen LogP contribution is -2.22. The van der Waals surface area contributed by atoms with E-state index < -0.39 is 0 Å². The van der Waals surface area contributed by atoms with Crippen LogP contribution in [0.2, 0.25) is 0 Å². The van der Waals surface area contributed by atoms with Gasteiger partial charge in [-0.15, -0.1) is 12.4 Å². The van der Waals surface area contributed by atoms with Gasteiger partial charge >= 0.3 is 0 Å². The Hall–Kier alpha value is -2.36. The summed E-state index contributed by atoms with van der Waals surface area (Å²) >= 11 is 0. The van der Waals surface area contributed by atoms with E-state index in [4.69, 9.17) is 0 Å². The second kappa shape index (κ2) is 7.95. The average molecular weight is 341 g/mol. The van der Waals surface area contributed by atoms with Crippen molar-refractivity contribution in [3.05, 3.63) is 82.5 Å². The van der Waals surface area contributed by atoms with Crippen molar-refractivity contribution >= 4 is 29.7 Å². The summed E-state index contributed by atoms with van der Waals surface area (Å²) in [6.45, 7) is -0.00226. The fourth-order valence-electron chi connectivity index (χ4n) is 2.60. The third kappa shape index (κ3) is 3.75. The fraction of sp³-hybridized carbons (Fsp3) is 0.150. The molecule has 2 aromatic carbocycles. The number of fused-ring (bicyclic) bond motifs is 1. The van der Waals surface area contributed by atoms with Gasteiger partial charge in [0, 0.05) is 30.6 Å². The number of benzene rings is 2. The summed E-state index contributed by atoms with van der Waals surface area (Å²) < 4.78 is 0. The van der Waals surface area contributed by atoms with Crippen molar-refractivity contribution in [1.29, 1.82) is 0 Å². The number of hydrogen-bond donors (Lipinski definition) is 1. The van der Waals surface area contributed by atoms with E-state index >= 15 is 0 Å². The number of rotatable bonds is 4. The van der Waals surface area contributed by atoms with Gasteiger partial charge in [0.2, 0.25) is 0 Å². The highest BCUT2D eigenvalue weighted by atomic mass is 35.5. The number of anilines is 1. The number of aliphatic hydroxyl groups is 1. The van der Waals surface area contributed by atoms with Crippen molar-refractivity contribution in [3.63, 3.8) is 0 Å². The third-order valence-corrected chi connectivity index (χ3v) is 3.89. The minimum absolute atomic E-state index is 0. The van der Waals surface area contributed by atoms with Crippen LogP contribution in [0.1, 0.15) is 5.56 Å². The molecule has 0 aromatic heterocycles. The van der Waals surface area contributed by atoms with Gasteiger partial charge in [0.1, 0.15) is 0 Å². The maximum absolute atomic E-state index is 9.62. The Morgan fingerprint density at radius 1 is 1.04 bits per heavy atom. The first-order chi connectivity index (χ1) is 11.2. The molecule has 24 heavy (non-hydrogen) atoms. The summed E-state index contributed by atoms with van der Waals surface area (Å²) in [4.78, 5) is 6.65. The van der Waals surface area contributed by atoms with Gasteiger partial charge in [-0.2, -0.15) is 0 Å². The SMILES string of the molecule is CN(C)c1ccc(/C=C/C=C2/N=c3ccccc3=C2CO)cc1.Cl. The van der Waals surface area contributed by atoms with Gasteiger partial charge in [-0.1, -0.05) is 42.5 Å². The summed E-state index contributed by atoms with van der Waals surface area (Å²) in [6.07, 6.45) is 5.97. The van der Waals surface area contributed by atoms with E-state index in [1.165, 1.54) is 5.69 Å². The standard InChI is InChI=1S/C20H20N2O.ClH/c1-22(2)16-12-10-15(11-13-16)6-5-9-20-18(14-23)17-7-3-4-8-19(17)21-20;/h3-13,23H,14H2,1-2H3;1H/b6-5+,20-9+;. The summed E-state index contributed by atoms with van der Waals surface area (Å²) in [5.74, 6) is 0. The molecule has 3 rings (SSSR count). The molecule has 1 aliphatic rings. The highest BCUT2D eigenvalue weighted by molar-refractivity contribution is 5.85. The molecule has 0 saturated heterocycles. The van der Waals surface area contributed by atoms with Crippen LogP contribution in [-0.2, 0) is 0 Å². The lowest BCUT2D eigenvalue weighted by Gasteiger charge is -2.11. The maximum Gasteiger partial charge on any atom is 0.0713 e. The van der Waals surface area contributed by atoms with Crippen LogP contribution in [-0.4, -0.2) is 25.8 Å². The maximum atomic E-state index is 9.62. The first-order valence-corrected chi connectivity index (χ1v) is 7.63. The molecule has 0 spiro atoms. The minimum Gasteiger partial charge on any atom is -0.392 e. The fourth-order valence-corrected chi connectivity index (χ4v) is 2.60. The van der Waals surface area contributed by atoms with Crippen LogP contribution in [0.3, 0.4) is 0 Å². The van der Waals surface area contributed by atoms with Crippen LogP contribution in [0.15, 0.2) is 71.4 Å². The van der Waals surface area contributed by atoms with E-state index in [9.17, 15) is 5.11 Å². The Bertz CT molecular complexity index is 881. The second-order valence-corrected chi connectivity index (χ2v) is 5.66. The molecule has 0 aliphatic carbocycles. The first-order valence-electron chi connectivity index (χ1n) is 7.63. The largest absolute Gasteiger partial charge is 0.392 e. The number of allylic oxidation sites excluding steroid dienone is 2. The van der Waals surface area contributed by atoms with Crippen LogP contribution in [0, 0.1) is 0 Å². The van der Waals surface area contributed by atoms with Gasteiger partial charge in [0.15, 0.2) is 0 Å². The van der Waals surface area contributed by atoms with Gasteiger partial charge in [0.05, 0.1) is 17.7 Å². The molecule has 2 aromatic rings. The van der Waals surface area contributed by atoms with E-state index in [1.807, 2.05) is 56.6 Å². The van der Waals surface area contributed by atoms with Crippen LogP contribution in [0.5, 0.6) is 0 Å². The number of para-hydroxylation sites is 1. The molecule has 3 nitrogen and oxygen atoms in total. The van der Waals surface area contributed by atoms with E-state index in [1.54, 1.807) is 0 Å². The molecule has 124 valence electrons. The van der Waals surface area contributed by atoms with Crippen molar-refractivity contribution in [2.45, 2.75) is 0 Å². The quantitative estimate of drug-likeness (QED) is 0.928. The zero-order valence-electron chi connectivity index (χ0n) is 13.8. The van der Waals surface area contributed by atoms with Gasteiger partial charge in [-0.05, 0) is 29.8 Å². The predicted octanol–water partition coefficient (Wildman–Crippen LogP) is 2.55. The molecule has 0 unspecified atom stereocenters. The normalized spacial score (nSPS) is 14.5. The smallest absolute Gasteiger partial charge is 0.0713 e. The number of hydrogen-bond acceptors (Lipinski definition) is 3. The monoisotopic (exact) mass is 340 g/mol. The van der Waals surface area contributed by atoms with Crippen molar-refractivity contribution in [2.75, 3.05) is 25.6 Å². The molecule has 0 amide bonds. The molecular weight excluding hydrogens is 320 g/mol. The summed E-state index contributed by atoms with van der Waals surface area (Å²) in [6, 6.07) is 16.2. The van der Waals surface area contributed by atoms with Crippen molar-refractivity contribution in [3.8, 4) is 0 Å². The number of nitrogens with zero attached hydrogens (tertiary/aromatic N) is 2. The molecular formula is C20H21ClN2O. The number of aliphatic hydroxyl groups excluding tert-OH is 1. The van der Waals surface area contributed by atoms with Crippen molar-refractivity contribution < 1.29 is 5.11 Å². The predicted molar refractivity (Wildman–Crippen MR) is 103 cm³/mol. The second-order valence-electron chi connectivity index (χ2n) is 5.66. The zero-order chi connectivity index (χ0) is 16.2. The molecule has 0 bridgehead atoms. The minimum atomic E-state index is -0.00226. The highest BCUT2D eigenvalue weighted by Crippen LogP contribution is 2.15. The summed E-state index contributed by atoms with van der Waals surface area (Å²) in [5.41, 5.74) is 4.02. The van der Waals surface area contributed by atoms with Crippen molar-refractivity contribution in [1.82, 2.24) is 0 Å². The Labute approximate surface area is 148 Å². The van der Waals surface area contributed by atoms with Crippen molar-refractivity contribution in [2.24, 2.45) is 4.99 Å². The van der Waals surface area contributed by atoms with Gasteiger partial charge < -0.3 is 10.0 Å². The highest BCUT2D eigenvalue weighted by Gasteiger charge is 2.10. The topological polar surface area (TPSA) is 35.8 Å². The van der Waals surface area contributed by atoms with Crippen LogP contribution < -0.4 is 15.5 Å². The van der Waals surface area contributed by atoms with E-state index in [-0.39, 0.29) is 19.0 Å². The van der Waals surface area contributed by atoms with E-state index in [2.05, 4.69) is 34.2 Å². The van der Waals surface area contributed by atoms with Crippen LogP contribution >= 0.6 is 12.4 Å². The van der Waals surface area contributed by atoms with Gasteiger partial charge in [-0.3, -0.25) is 0 Å². The molecule has 0 atom stereocenters. The molecule has 0 saturated carbocycles. The van der Waals surface area contributed by atoms with Crippen LogP contribution in [0.25, 0.3) is 11.6 Å². The Kier molecular flexibility index (Phi) is 5.96. The van der Waals surface area contributed by atoms with Gasteiger partial charge in [0.25, 0.3) is 0 Å². The molecule has 4 heteroatoms. The van der Waals surface area contributed by atoms with E-state index in [0.717, 1.165) is 27.4 Å². The van der Waals surface area contributed by atoms with Crippen LogP contribution in [0.4, 0.5) is 5.69 Å². The third-order valence-electron chi connectivity index (χ3n) is 3.89. The number of halogens is 1. The average Bonchev–Trinajstić information content (AvgIpc) is 2.92. The van der Waals surface area contributed by atoms with Gasteiger partial charge in [-0.25, -0.2) is 4.99 Å². The molecule has 0 radical (unpaired) electrons. The molecule has 0 fully saturated rings. The Balaban J connectivity index is 0.00000208. The molecule has 1 N–H and O–H groups in total. The zero-order valence-corrected chi connectivity index (χ0v) is 14.6. The van der Waals surface area contributed by atoms with E-state index in [0.29, 0.717) is 0 Å². The first kappa shape index (κ1) is 18.0. The lowest BCUT2D eigenvalue weighted by molar-refractivity contribution is 0.349. The summed E-state index contributed by atoms with van der Waals surface area (Å²) in [7, 11) is 4.06. The summed E-state index contributed by atoms with van der Waals surface area (Å²) in [5, 5.41) is 11.6.